The minimum atomic E-state index is -0.0444. The lowest BCUT2D eigenvalue weighted by molar-refractivity contribution is -0.0153. The van der Waals surface area contributed by atoms with Crippen LogP contribution in [0.1, 0.15) is 65.7 Å². The van der Waals surface area contributed by atoms with E-state index >= 15 is 0 Å². The van der Waals surface area contributed by atoms with Crippen molar-refractivity contribution in [3.05, 3.63) is 12.7 Å². The molecule has 0 radical (unpaired) electrons. The van der Waals surface area contributed by atoms with Crippen molar-refractivity contribution < 1.29 is 4.74 Å². The topological polar surface area (TPSA) is 9.23 Å². The Hall–Kier alpha value is -0.300. The number of hydrogen-bond acceptors (Lipinski definition) is 1. The summed E-state index contributed by atoms with van der Waals surface area (Å²) in [5.74, 6) is 0. The van der Waals surface area contributed by atoms with Gasteiger partial charge in [0.15, 0.2) is 0 Å². The summed E-state index contributed by atoms with van der Waals surface area (Å²) >= 11 is 0. The first-order valence-electron chi connectivity index (χ1n) is 6.52. The van der Waals surface area contributed by atoms with E-state index in [-0.39, 0.29) is 5.60 Å². The van der Waals surface area contributed by atoms with Gasteiger partial charge in [0.05, 0.1) is 5.60 Å². The highest BCUT2D eigenvalue weighted by molar-refractivity contribution is 4.97. The first-order chi connectivity index (χ1) is 7.24. The van der Waals surface area contributed by atoms with Gasteiger partial charge in [-0.05, 0) is 19.8 Å². The van der Waals surface area contributed by atoms with Crippen molar-refractivity contribution in [3.8, 4) is 0 Å². The van der Waals surface area contributed by atoms with Gasteiger partial charge in [-0.15, -0.1) is 6.58 Å². The SMILES string of the molecule is C=CC(CCC)(CCCCCC)OCC. The Balaban J connectivity index is 4.02. The number of hydrogen-bond donors (Lipinski definition) is 0. The van der Waals surface area contributed by atoms with Crippen molar-refractivity contribution >= 4 is 0 Å². The number of unbranched alkanes of at least 4 members (excludes halogenated alkanes) is 3. The smallest absolute Gasteiger partial charge is 0.0859 e. The van der Waals surface area contributed by atoms with E-state index in [2.05, 4.69) is 27.4 Å². The van der Waals surface area contributed by atoms with Crippen LogP contribution in [0.25, 0.3) is 0 Å². The van der Waals surface area contributed by atoms with Crippen LogP contribution < -0.4 is 0 Å². The Morgan fingerprint density at radius 1 is 1.00 bits per heavy atom. The van der Waals surface area contributed by atoms with Gasteiger partial charge in [0.1, 0.15) is 0 Å². The van der Waals surface area contributed by atoms with Crippen LogP contribution in [-0.2, 0) is 4.74 Å². The molecule has 0 aliphatic carbocycles. The Morgan fingerprint density at radius 2 is 1.73 bits per heavy atom. The zero-order valence-corrected chi connectivity index (χ0v) is 10.8. The molecular formula is C14H28O. The first kappa shape index (κ1) is 14.7. The second-order valence-corrected chi connectivity index (χ2v) is 4.26. The summed E-state index contributed by atoms with van der Waals surface area (Å²) in [5.41, 5.74) is -0.0444. The standard InChI is InChI=1S/C14H28O/c1-5-9-10-11-13-14(7-3,12-6-2)15-8-4/h7H,3,5-6,8-13H2,1-2,4H3. The lowest BCUT2D eigenvalue weighted by Crippen LogP contribution is -2.29. The largest absolute Gasteiger partial charge is 0.371 e. The van der Waals surface area contributed by atoms with E-state index in [1.165, 1.54) is 32.1 Å². The average molecular weight is 212 g/mol. The Bertz CT molecular complexity index is 145. The minimum Gasteiger partial charge on any atom is -0.371 e. The van der Waals surface area contributed by atoms with Crippen molar-refractivity contribution in [3.63, 3.8) is 0 Å². The second-order valence-electron chi connectivity index (χ2n) is 4.26. The molecule has 90 valence electrons. The summed E-state index contributed by atoms with van der Waals surface area (Å²) in [6.07, 6.45) is 10.7. The summed E-state index contributed by atoms with van der Waals surface area (Å²) in [6.45, 7) is 11.3. The van der Waals surface area contributed by atoms with Crippen LogP contribution in [0.3, 0.4) is 0 Å². The highest BCUT2D eigenvalue weighted by Gasteiger charge is 2.24. The third-order valence-electron chi connectivity index (χ3n) is 2.93. The lowest BCUT2D eigenvalue weighted by atomic mass is 9.91. The van der Waals surface area contributed by atoms with Crippen molar-refractivity contribution in [2.45, 2.75) is 71.3 Å². The molecule has 0 aromatic rings. The molecule has 0 amide bonds. The quantitative estimate of drug-likeness (QED) is 0.376. The Labute approximate surface area is 95.9 Å². The highest BCUT2D eigenvalue weighted by Crippen LogP contribution is 2.26. The summed E-state index contributed by atoms with van der Waals surface area (Å²) < 4.78 is 5.88. The van der Waals surface area contributed by atoms with Gasteiger partial charge < -0.3 is 4.74 Å². The molecule has 0 spiro atoms. The molecule has 1 heteroatoms. The van der Waals surface area contributed by atoms with E-state index < -0.39 is 0 Å². The zero-order valence-electron chi connectivity index (χ0n) is 10.8. The molecule has 0 saturated heterocycles. The third kappa shape index (κ3) is 5.99. The van der Waals surface area contributed by atoms with Gasteiger partial charge in [-0.1, -0.05) is 52.0 Å². The fourth-order valence-corrected chi connectivity index (χ4v) is 2.09. The van der Waals surface area contributed by atoms with Gasteiger partial charge in [-0.3, -0.25) is 0 Å². The lowest BCUT2D eigenvalue weighted by Gasteiger charge is -2.30. The van der Waals surface area contributed by atoms with Gasteiger partial charge in [0.25, 0.3) is 0 Å². The number of rotatable bonds is 10. The predicted octanol–water partition coefficient (Wildman–Crippen LogP) is 4.72. The summed E-state index contributed by atoms with van der Waals surface area (Å²) in [4.78, 5) is 0. The molecule has 1 atom stereocenters. The molecule has 1 nitrogen and oxygen atoms in total. The maximum atomic E-state index is 5.88. The summed E-state index contributed by atoms with van der Waals surface area (Å²) in [7, 11) is 0. The maximum Gasteiger partial charge on any atom is 0.0859 e. The van der Waals surface area contributed by atoms with Gasteiger partial charge in [-0.25, -0.2) is 0 Å². The fourth-order valence-electron chi connectivity index (χ4n) is 2.09. The van der Waals surface area contributed by atoms with Crippen LogP contribution in [0.5, 0.6) is 0 Å². The Kier molecular flexibility index (Phi) is 8.79. The van der Waals surface area contributed by atoms with Crippen LogP contribution in [0.4, 0.5) is 0 Å². The molecule has 15 heavy (non-hydrogen) atoms. The van der Waals surface area contributed by atoms with Crippen LogP contribution in [0, 0.1) is 0 Å². The van der Waals surface area contributed by atoms with Gasteiger partial charge in [0, 0.05) is 6.61 Å². The minimum absolute atomic E-state index is 0.0444. The maximum absolute atomic E-state index is 5.88. The molecule has 0 bridgehead atoms. The van der Waals surface area contributed by atoms with E-state index in [1.807, 2.05) is 6.08 Å². The molecule has 0 aromatic heterocycles. The van der Waals surface area contributed by atoms with Crippen molar-refractivity contribution in [1.82, 2.24) is 0 Å². The fraction of sp³-hybridized carbons (Fsp3) is 0.857. The van der Waals surface area contributed by atoms with E-state index in [0.29, 0.717) is 0 Å². The molecule has 0 saturated carbocycles. The average Bonchev–Trinajstić information content (AvgIpc) is 2.25. The third-order valence-corrected chi connectivity index (χ3v) is 2.93. The van der Waals surface area contributed by atoms with E-state index in [9.17, 15) is 0 Å². The van der Waals surface area contributed by atoms with Crippen molar-refractivity contribution in [2.75, 3.05) is 6.61 Å². The predicted molar refractivity (Wildman–Crippen MR) is 68.2 cm³/mol. The highest BCUT2D eigenvalue weighted by atomic mass is 16.5. The second kappa shape index (κ2) is 8.96. The normalized spacial score (nSPS) is 14.9. The monoisotopic (exact) mass is 212 g/mol. The summed E-state index contributed by atoms with van der Waals surface area (Å²) in [5, 5.41) is 0. The summed E-state index contributed by atoms with van der Waals surface area (Å²) in [6, 6.07) is 0. The number of ether oxygens (including phenoxy) is 1. The van der Waals surface area contributed by atoms with Crippen molar-refractivity contribution in [1.29, 1.82) is 0 Å². The molecule has 0 N–H and O–H groups in total. The molecule has 0 aliphatic heterocycles. The van der Waals surface area contributed by atoms with Crippen LogP contribution in [0.2, 0.25) is 0 Å². The van der Waals surface area contributed by atoms with E-state index in [1.54, 1.807) is 0 Å². The molecule has 0 rings (SSSR count). The molecule has 0 heterocycles. The van der Waals surface area contributed by atoms with Crippen LogP contribution in [-0.4, -0.2) is 12.2 Å². The van der Waals surface area contributed by atoms with Gasteiger partial charge >= 0.3 is 0 Å². The van der Waals surface area contributed by atoms with Crippen molar-refractivity contribution in [2.24, 2.45) is 0 Å². The molecule has 0 aliphatic rings. The molecule has 0 aromatic carbocycles. The molecule has 1 unspecified atom stereocenters. The van der Waals surface area contributed by atoms with E-state index in [4.69, 9.17) is 4.74 Å². The zero-order chi connectivity index (χ0) is 11.6. The van der Waals surface area contributed by atoms with E-state index in [0.717, 1.165) is 19.4 Å². The van der Waals surface area contributed by atoms with Gasteiger partial charge in [-0.2, -0.15) is 0 Å². The Morgan fingerprint density at radius 3 is 2.20 bits per heavy atom. The van der Waals surface area contributed by atoms with Crippen LogP contribution in [0.15, 0.2) is 12.7 Å². The van der Waals surface area contributed by atoms with Crippen LogP contribution >= 0.6 is 0 Å². The molecule has 0 fully saturated rings. The first-order valence-corrected chi connectivity index (χ1v) is 6.52. The van der Waals surface area contributed by atoms with Gasteiger partial charge in [0.2, 0.25) is 0 Å². The molecular weight excluding hydrogens is 184 g/mol.